The van der Waals surface area contributed by atoms with Gasteiger partial charge in [-0.1, -0.05) is 0 Å². The van der Waals surface area contributed by atoms with Crippen molar-refractivity contribution in [3.05, 3.63) is 29.6 Å². The summed E-state index contributed by atoms with van der Waals surface area (Å²) in [5, 5.41) is 18.7. The molecule has 0 bridgehead atoms. The van der Waals surface area contributed by atoms with E-state index in [1.54, 1.807) is 0 Å². The van der Waals surface area contributed by atoms with Gasteiger partial charge in [-0.2, -0.15) is 0 Å². The van der Waals surface area contributed by atoms with Crippen LogP contribution in [0.15, 0.2) is 18.2 Å². The van der Waals surface area contributed by atoms with E-state index in [4.69, 9.17) is 5.11 Å². The van der Waals surface area contributed by atoms with E-state index in [-0.39, 0.29) is 23.5 Å². The molecule has 1 fully saturated rings. The van der Waals surface area contributed by atoms with E-state index in [0.29, 0.717) is 31.5 Å². The molecule has 0 aliphatic carbocycles. The van der Waals surface area contributed by atoms with Crippen molar-refractivity contribution in [2.45, 2.75) is 25.8 Å². The van der Waals surface area contributed by atoms with Gasteiger partial charge in [-0.05, 0) is 51.1 Å². The van der Waals surface area contributed by atoms with Crippen LogP contribution in [-0.4, -0.2) is 34.2 Å². The molecule has 104 valence electrons. The van der Waals surface area contributed by atoms with Gasteiger partial charge in [0.25, 0.3) is 0 Å². The van der Waals surface area contributed by atoms with Crippen LogP contribution in [0.4, 0.5) is 4.39 Å². The number of nitrogens with zero attached hydrogens (tertiary/aromatic N) is 1. The molecule has 1 aliphatic rings. The monoisotopic (exact) mass is 267 g/mol. The number of halogens is 1. The van der Waals surface area contributed by atoms with Crippen LogP contribution in [0.1, 0.15) is 31.4 Å². The molecule has 5 heteroatoms. The second-order valence-corrected chi connectivity index (χ2v) is 5.03. The second-order valence-electron chi connectivity index (χ2n) is 5.03. The molecule has 1 unspecified atom stereocenters. The quantitative estimate of drug-likeness (QED) is 0.882. The number of aromatic hydroxyl groups is 1. The van der Waals surface area contributed by atoms with Gasteiger partial charge in [0.2, 0.25) is 0 Å². The molecule has 4 nitrogen and oxygen atoms in total. The number of rotatable bonds is 3. The first-order chi connectivity index (χ1) is 8.99. The van der Waals surface area contributed by atoms with Gasteiger partial charge >= 0.3 is 5.97 Å². The molecule has 19 heavy (non-hydrogen) atoms. The van der Waals surface area contributed by atoms with Gasteiger partial charge in [-0.25, -0.2) is 4.39 Å². The van der Waals surface area contributed by atoms with E-state index in [9.17, 15) is 14.3 Å². The second kappa shape index (κ2) is 5.57. The van der Waals surface area contributed by atoms with E-state index >= 15 is 0 Å². The molecule has 1 heterocycles. The molecule has 0 radical (unpaired) electrons. The van der Waals surface area contributed by atoms with Crippen molar-refractivity contribution < 1.29 is 19.4 Å². The Hall–Kier alpha value is -1.62. The largest absolute Gasteiger partial charge is 0.508 e. The summed E-state index contributed by atoms with van der Waals surface area (Å²) in [6.45, 7) is 3.19. The number of carboxylic acid groups (broad SMARTS) is 1. The summed E-state index contributed by atoms with van der Waals surface area (Å²) in [6, 6.07) is 3.79. The summed E-state index contributed by atoms with van der Waals surface area (Å²) in [5.74, 6) is -1.33. The van der Waals surface area contributed by atoms with Crippen LogP contribution in [0.25, 0.3) is 0 Å². The number of phenols is 1. The van der Waals surface area contributed by atoms with E-state index in [0.717, 1.165) is 0 Å². The smallest absolute Gasteiger partial charge is 0.306 e. The molecule has 0 aromatic heterocycles. The predicted octanol–water partition coefficient (Wildman–Crippen LogP) is 2.39. The maximum absolute atomic E-state index is 13.2. The zero-order valence-corrected chi connectivity index (χ0v) is 10.8. The Labute approximate surface area is 111 Å². The minimum Gasteiger partial charge on any atom is -0.508 e. The van der Waals surface area contributed by atoms with Crippen LogP contribution in [-0.2, 0) is 4.79 Å². The molecule has 1 saturated heterocycles. The van der Waals surface area contributed by atoms with Gasteiger partial charge in [0.1, 0.15) is 11.6 Å². The van der Waals surface area contributed by atoms with Crippen LogP contribution in [0.5, 0.6) is 5.75 Å². The molecule has 2 N–H and O–H groups in total. The number of benzene rings is 1. The molecular weight excluding hydrogens is 249 g/mol. The highest BCUT2D eigenvalue weighted by molar-refractivity contribution is 5.70. The Morgan fingerprint density at radius 2 is 2.05 bits per heavy atom. The lowest BCUT2D eigenvalue weighted by Crippen LogP contribution is -2.37. The highest BCUT2D eigenvalue weighted by atomic mass is 19.1. The molecule has 1 aromatic rings. The number of carbonyl (C=O) groups is 1. The van der Waals surface area contributed by atoms with E-state index in [2.05, 4.69) is 4.90 Å². The molecule has 0 amide bonds. The van der Waals surface area contributed by atoms with Crippen molar-refractivity contribution in [1.82, 2.24) is 4.90 Å². The van der Waals surface area contributed by atoms with Crippen molar-refractivity contribution in [1.29, 1.82) is 0 Å². The third-order valence-electron chi connectivity index (χ3n) is 3.87. The first-order valence-electron chi connectivity index (χ1n) is 6.44. The Balaban J connectivity index is 2.07. The maximum Gasteiger partial charge on any atom is 0.306 e. The zero-order chi connectivity index (χ0) is 14.0. The fourth-order valence-electron chi connectivity index (χ4n) is 2.59. The number of aliphatic carboxylic acids is 1. The number of piperidine rings is 1. The van der Waals surface area contributed by atoms with Crippen LogP contribution in [0.3, 0.4) is 0 Å². The Kier molecular flexibility index (Phi) is 4.04. The van der Waals surface area contributed by atoms with Gasteiger partial charge in [0.15, 0.2) is 0 Å². The number of likely N-dealkylation sites (tertiary alicyclic amines) is 1. The fourth-order valence-corrected chi connectivity index (χ4v) is 2.59. The number of hydrogen-bond donors (Lipinski definition) is 2. The molecule has 1 atom stereocenters. The number of phenolic OH excluding ortho intramolecular Hbond substituents is 1. The minimum atomic E-state index is -0.749. The molecule has 0 saturated carbocycles. The van der Waals surface area contributed by atoms with Crippen LogP contribution in [0.2, 0.25) is 0 Å². The Morgan fingerprint density at radius 3 is 2.63 bits per heavy atom. The molecule has 1 aliphatic heterocycles. The standard InChI is InChI=1S/C14H18FNO3/c1-9(12-8-11(15)2-3-13(12)17)16-6-4-10(5-7-16)14(18)19/h2-3,8-10,17H,4-7H2,1H3,(H,18,19). The van der Waals surface area contributed by atoms with Crippen molar-refractivity contribution in [3.63, 3.8) is 0 Å². The third kappa shape index (κ3) is 3.04. The topological polar surface area (TPSA) is 60.8 Å². The molecule has 1 aromatic carbocycles. The summed E-state index contributed by atoms with van der Waals surface area (Å²) < 4.78 is 13.2. The summed E-state index contributed by atoms with van der Waals surface area (Å²) in [6.07, 6.45) is 1.19. The highest BCUT2D eigenvalue weighted by Crippen LogP contribution is 2.31. The SMILES string of the molecule is CC(c1cc(F)ccc1O)N1CCC(C(=O)O)CC1. The Morgan fingerprint density at radius 1 is 1.42 bits per heavy atom. The summed E-state index contributed by atoms with van der Waals surface area (Å²) in [7, 11) is 0. The van der Waals surface area contributed by atoms with E-state index < -0.39 is 5.97 Å². The van der Waals surface area contributed by atoms with E-state index in [1.807, 2.05) is 6.92 Å². The van der Waals surface area contributed by atoms with Gasteiger partial charge in [-0.15, -0.1) is 0 Å². The molecular formula is C14H18FNO3. The summed E-state index contributed by atoms with van der Waals surface area (Å²) in [4.78, 5) is 13.0. The van der Waals surface area contributed by atoms with Gasteiger partial charge in [0.05, 0.1) is 5.92 Å². The van der Waals surface area contributed by atoms with Crippen molar-refractivity contribution >= 4 is 5.97 Å². The van der Waals surface area contributed by atoms with E-state index in [1.165, 1.54) is 18.2 Å². The maximum atomic E-state index is 13.2. The third-order valence-corrected chi connectivity index (χ3v) is 3.87. The number of carboxylic acids is 1. The highest BCUT2D eigenvalue weighted by Gasteiger charge is 2.28. The summed E-state index contributed by atoms with van der Waals surface area (Å²) in [5.41, 5.74) is 0.550. The van der Waals surface area contributed by atoms with Crippen LogP contribution >= 0.6 is 0 Å². The van der Waals surface area contributed by atoms with Gasteiger partial charge in [-0.3, -0.25) is 9.69 Å². The van der Waals surface area contributed by atoms with Crippen molar-refractivity contribution in [3.8, 4) is 5.75 Å². The Bertz CT molecular complexity index is 470. The average molecular weight is 267 g/mol. The van der Waals surface area contributed by atoms with Crippen LogP contribution in [0, 0.1) is 11.7 Å². The fraction of sp³-hybridized carbons (Fsp3) is 0.500. The van der Waals surface area contributed by atoms with Gasteiger partial charge in [0, 0.05) is 11.6 Å². The minimum absolute atomic E-state index is 0.0780. The predicted molar refractivity (Wildman–Crippen MR) is 68.4 cm³/mol. The first-order valence-corrected chi connectivity index (χ1v) is 6.44. The van der Waals surface area contributed by atoms with Crippen LogP contribution < -0.4 is 0 Å². The average Bonchev–Trinajstić information content (AvgIpc) is 2.41. The lowest BCUT2D eigenvalue weighted by atomic mass is 9.94. The summed E-state index contributed by atoms with van der Waals surface area (Å²) >= 11 is 0. The lowest BCUT2D eigenvalue weighted by molar-refractivity contribution is -0.143. The zero-order valence-electron chi connectivity index (χ0n) is 10.8. The van der Waals surface area contributed by atoms with Gasteiger partial charge < -0.3 is 10.2 Å². The van der Waals surface area contributed by atoms with Crippen molar-refractivity contribution in [2.75, 3.05) is 13.1 Å². The normalized spacial score (nSPS) is 19.3. The molecule has 2 rings (SSSR count). The molecule has 0 spiro atoms. The first kappa shape index (κ1) is 13.8. The van der Waals surface area contributed by atoms with Crippen molar-refractivity contribution in [2.24, 2.45) is 5.92 Å². The number of hydrogen-bond acceptors (Lipinski definition) is 3. The lowest BCUT2D eigenvalue weighted by Gasteiger charge is -2.35.